The van der Waals surface area contributed by atoms with Crippen LogP contribution in [-0.4, -0.2) is 80.6 Å². The molecule has 3 atom stereocenters. The molecule has 200 valence electrons. The number of fused-ring (bicyclic) bond motifs is 1. The molecule has 2 aromatic rings. The number of aromatic nitrogens is 1. The molecule has 0 saturated heterocycles. The minimum atomic E-state index is -1.48. The summed E-state index contributed by atoms with van der Waals surface area (Å²) in [5, 5.41) is 35.3. The number of H-pyrrole nitrogens is 1. The van der Waals surface area contributed by atoms with Gasteiger partial charge >= 0.3 is 17.9 Å². The molecule has 14 nitrogen and oxygen atoms in total. The van der Waals surface area contributed by atoms with E-state index in [0.29, 0.717) is 5.56 Å². The van der Waals surface area contributed by atoms with Gasteiger partial charge in [0.1, 0.15) is 18.1 Å². The van der Waals surface area contributed by atoms with Gasteiger partial charge < -0.3 is 42.0 Å². The van der Waals surface area contributed by atoms with Gasteiger partial charge in [0.25, 0.3) is 0 Å². The van der Waals surface area contributed by atoms with Crippen molar-refractivity contribution in [3.63, 3.8) is 0 Å². The molecule has 1 aromatic carbocycles. The van der Waals surface area contributed by atoms with Gasteiger partial charge in [-0.25, -0.2) is 4.79 Å². The van der Waals surface area contributed by atoms with Crippen molar-refractivity contribution in [2.75, 3.05) is 6.54 Å². The first-order valence-electron chi connectivity index (χ1n) is 11.3. The summed E-state index contributed by atoms with van der Waals surface area (Å²) in [5.74, 6) is -6.50. The van der Waals surface area contributed by atoms with Crippen molar-refractivity contribution in [2.45, 2.75) is 50.2 Å². The Morgan fingerprint density at radius 2 is 1.35 bits per heavy atom. The van der Waals surface area contributed by atoms with Crippen LogP contribution in [-0.2, 0) is 35.2 Å². The Labute approximate surface area is 210 Å². The number of carboxylic acid groups (broad SMARTS) is 3. The van der Waals surface area contributed by atoms with E-state index < -0.39 is 73.1 Å². The molecule has 0 saturated carbocycles. The molecule has 0 aliphatic rings. The number of para-hydroxylation sites is 1. The number of rotatable bonds is 15. The first-order chi connectivity index (χ1) is 17.5. The number of amides is 3. The lowest BCUT2D eigenvalue weighted by molar-refractivity contribution is -0.143. The number of aliphatic carboxylic acids is 3. The van der Waals surface area contributed by atoms with Crippen LogP contribution in [0.4, 0.5) is 0 Å². The summed E-state index contributed by atoms with van der Waals surface area (Å²) in [5.41, 5.74) is 6.62. The van der Waals surface area contributed by atoms with E-state index in [1.165, 1.54) is 0 Å². The molecular formula is C23H29N5O9. The smallest absolute Gasteiger partial charge is 0.326 e. The maximum Gasteiger partial charge on any atom is 0.326 e. The summed E-state index contributed by atoms with van der Waals surface area (Å²) in [6.45, 7) is -0.478. The summed E-state index contributed by atoms with van der Waals surface area (Å²) in [4.78, 5) is 74.4. The molecule has 1 heterocycles. The van der Waals surface area contributed by atoms with E-state index in [-0.39, 0.29) is 19.3 Å². The van der Waals surface area contributed by atoms with Gasteiger partial charge in [-0.15, -0.1) is 0 Å². The number of hydrogen-bond acceptors (Lipinski definition) is 7. The van der Waals surface area contributed by atoms with Gasteiger partial charge in [0, 0.05) is 36.4 Å². The molecule has 14 heteroatoms. The summed E-state index contributed by atoms with van der Waals surface area (Å²) in [6.07, 6.45) is -0.211. The van der Waals surface area contributed by atoms with Crippen LogP contribution < -0.4 is 21.7 Å². The average Bonchev–Trinajstić information content (AvgIpc) is 3.25. The number of nitrogens with two attached hydrogens (primary N) is 1. The predicted octanol–water partition coefficient (Wildman–Crippen LogP) is -1.06. The molecule has 37 heavy (non-hydrogen) atoms. The first kappa shape index (κ1) is 28.8. The molecule has 1 aromatic heterocycles. The molecular weight excluding hydrogens is 490 g/mol. The summed E-state index contributed by atoms with van der Waals surface area (Å²) in [6, 6.07) is 2.91. The molecule has 2 rings (SSSR count). The summed E-state index contributed by atoms with van der Waals surface area (Å²) < 4.78 is 0. The zero-order valence-electron chi connectivity index (χ0n) is 19.7. The van der Waals surface area contributed by atoms with E-state index in [0.717, 1.165) is 10.9 Å². The molecule has 0 aliphatic carbocycles. The lowest BCUT2D eigenvalue weighted by Gasteiger charge is -2.24. The highest BCUT2D eigenvalue weighted by Gasteiger charge is 2.30. The molecule has 0 bridgehead atoms. The average molecular weight is 520 g/mol. The maximum atomic E-state index is 13.0. The van der Waals surface area contributed by atoms with Gasteiger partial charge in [0.2, 0.25) is 17.7 Å². The van der Waals surface area contributed by atoms with Gasteiger partial charge in [-0.05, 0) is 24.5 Å². The lowest BCUT2D eigenvalue weighted by Crippen LogP contribution is -2.56. The van der Waals surface area contributed by atoms with Crippen LogP contribution in [0.1, 0.15) is 31.2 Å². The topological polar surface area (TPSA) is 241 Å². The number of benzene rings is 1. The molecule has 0 radical (unpaired) electrons. The number of carbonyl (C=O) groups excluding carboxylic acids is 3. The second kappa shape index (κ2) is 13.6. The van der Waals surface area contributed by atoms with Crippen LogP contribution in [0.25, 0.3) is 10.9 Å². The first-order valence-corrected chi connectivity index (χ1v) is 11.3. The molecule has 0 spiro atoms. The highest BCUT2D eigenvalue weighted by Crippen LogP contribution is 2.19. The maximum absolute atomic E-state index is 13.0. The van der Waals surface area contributed by atoms with Crippen LogP contribution in [0.15, 0.2) is 30.5 Å². The molecule has 0 aliphatic heterocycles. The second-order valence-corrected chi connectivity index (χ2v) is 8.21. The largest absolute Gasteiger partial charge is 0.481 e. The highest BCUT2D eigenvalue weighted by atomic mass is 16.4. The van der Waals surface area contributed by atoms with Crippen LogP contribution in [0.2, 0.25) is 0 Å². The van der Waals surface area contributed by atoms with E-state index in [4.69, 9.17) is 15.9 Å². The SMILES string of the molecule is NCC(=O)NC(CCC(=O)O)C(=O)NC(CCC(=O)O)C(=O)NC(Cc1c[nH]c2ccccc12)C(=O)O. The Morgan fingerprint density at radius 3 is 1.89 bits per heavy atom. The van der Waals surface area contributed by atoms with Gasteiger partial charge in [-0.2, -0.15) is 0 Å². The quantitative estimate of drug-likeness (QED) is 0.142. The number of nitrogens with one attached hydrogen (secondary N) is 4. The Kier molecular flexibility index (Phi) is 10.6. The highest BCUT2D eigenvalue weighted by molar-refractivity contribution is 5.94. The molecule has 9 N–H and O–H groups in total. The van der Waals surface area contributed by atoms with E-state index in [2.05, 4.69) is 20.9 Å². The van der Waals surface area contributed by atoms with Gasteiger partial charge in [-0.3, -0.25) is 24.0 Å². The second-order valence-electron chi connectivity index (χ2n) is 8.21. The van der Waals surface area contributed by atoms with Gasteiger partial charge in [-0.1, -0.05) is 18.2 Å². The fraction of sp³-hybridized carbons (Fsp3) is 0.391. The van der Waals surface area contributed by atoms with Crippen molar-refractivity contribution in [2.24, 2.45) is 5.73 Å². The fourth-order valence-corrected chi connectivity index (χ4v) is 3.59. The number of aromatic amines is 1. The van der Waals surface area contributed by atoms with Crippen LogP contribution in [0, 0.1) is 0 Å². The number of carboxylic acids is 3. The Hall–Kier alpha value is -4.46. The third kappa shape index (κ3) is 8.92. The summed E-state index contributed by atoms with van der Waals surface area (Å²) in [7, 11) is 0. The van der Waals surface area contributed by atoms with Crippen molar-refractivity contribution in [1.82, 2.24) is 20.9 Å². The van der Waals surface area contributed by atoms with E-state index >= 15 is 0 Å². The van der Waals surface area contributed by atoms with Crippen LogP contribution >= 0.6 is 0 Å². The summed E-state index contributed by atoms with van der Waals surface area (Å²) >= 11 is 0. The van der Waals surface area contributed by atoms with Crippen molar-refractivity contribution >= 4 is 46.5 Å². The Morgan fingerprint density at radius 1 is 0.811 bits per heavy atom. The predicted molar refractivity (Wildman–Crippen MR) is 128 cm³/mol. The third-order valence-electron chi connectivity index (χ3n) is 5.48. The van der Waals surface area contributed by atoms with Crippen LogP contribution in [0.3, 0.4) is 0 Å². The minimum absolute atomic E-state index is 0.0987. The Balaban J connectivity index is 2.19. The van der Waals surface area contributed by atoms with Crippen molar-refractivity contribution < 1.29 is 44.1 Å². The Bertz CT molecular complexity index is 1160. The normalized spacial score (nSPS) is 13.2. The van der Waals surface area contributed by atoms with Gasteiger partial charge in [0.15, 0.2) is 0 Å². The lowest BCUT2D eigenvalue weighted by atomic mass is 10.0. The molecule has 3 amide bonds. The molecule has 0 fully saturated rings. The van der Waals surface area contributed by atoms with Crippen molar-refractivity contribution in [1.29, 1.82) is 0 Å². The zero-order valence-corrected chi connectivity index (χ0v) is 19.7. The van der Waals surface area contributed by atoms with Crippen molar-refractivity contribution in [3.8, 4) is 0 Å². The van der Waals surface area contributed by atoms with E-state index in [1.807, 2.05) is 0 Å². The molecule has 3 unspecified atom stereocenters. The zero-order chi connectivity index (χ0) is 27.5. The monoisotopic (exact) mass is 519 g/mol. The van der Waals surface area contributed by atoms with Crippen molar-refractivity contribution in [3.05, 3.63) is 36.0 Å². The number of hydrogen-bond donors (Lipinski definition) is 8. The number of carbonyl (C=O) groups is 6. The third-order valence-corrected chi connectivity index (χ3v) is 5.48. The van der Waals surface area contributed by atoms with E-state index in [1.54, 1.807) is 30.5 Å². The standard InChI is InChI=1S/C23H29N5O9/c24-10-18(29)26-15(5-7-19(30)31)21(34)27-16(6-8-20(32)33)22(35)28-17(23(36)37)9-12-11-25-14-4-2-1-3-13(12)14/h1-4,11,15-17,25H,5-10,24H2,(H,26,29)(H,27,34)(H,28,35)(H,30,31)(H,32,33)(H,36,37). The fourth-order valence-electron chi connectivity index (χ4n) is 3.59. The van der Waals surface area contributed by atoms with Gasteiger partial charge in [0.05, 0.1) is 6.54 Å². The minimum Gasteiger partial charge on any atom is -0.481 e. The van der Waals surface area contributed by atoms with E-state index in [9.17, 15) is 33.9 Å². The van der Waals surface area contributed by atoms with Crippen LogP contribution in [0.5, 0.6) is 0 Å².